The zero-order chi connectivity index (χ0) is 21.1. The maximum Gasteiger partial charge on any atom is 0.337 e. The van der Waals surface area contributed by atoms with E-state index in [1.807, 2.05) is 0 Å². The molecular formula is C21H32N4O5. The lowest BCUT2D eigenvalue weighted by molar-refractivity contribution is -0.0811. The highest BCUT2D eigenvalue weighted by Gasteiger charge is 2.47. The van der Waals surface area contributed by atoms with Gasteiger partial charge in [0.15, 0.2) is 6.23 Å². The van der Waals surface area contributed by atoms with Gasteiger partial charge in [-0.2, -0.15) is 4.99 Å². The smallest absolute Gasteiger partial charge is 0.337 e. The average Bonchev–Trinajstić information content (AvgIpc) is 3.50. The van der Waals surface area contributed by atoms with Crippen LogP contribution in [0.3, 0.4) is 0 Å². The molecule has 4 rings (SSSR count). The van der Waals surface area contributed by atoms with Crippen molar-refractivity contribution < 1.29 is 18.7 Å². The van der Waals surface area contributed by atoms with Gasteiger partial charge in [0, 0.05) is 24.7 Å². The predicted molar refractivity (Wildman–Crippen MR) is 112 cm³/mol. The summed E-state index contributed by atoms with van der Waals surface area (Å²) in [4.78, 5) is 24.9. The number of rotatable bonds is 8. The normalized spacial score (nSPS) is 25.2. The average molecular weight is 421 g/mol. The van der Waals surface area contributed by atoms with Crippen molar-refractivity contribution in [1.29, 1.82) is 0 Å². The van der Waals surface area contributed by atoms with Crippen LogP contribution in [-0.4, -0.2) is 49.1 Å². The minimum absolute atomic E-state index is 0.203. The number of nitrogens with one attached hydrogen (secondary N) is 2. The molecule has 2 fully saturated rings. The van der Waals surface area contributed by atoms with Crippen molar-refractivity contribution in [1.82, 2.24) is 10.4 Å². The van der Waals surface area contributed by atoms with Crippen LogP contribution in [0.4, 0.5) is 5.88 Å². The predicted octanol–water partition coefficient (Wildman–Crippen LogP) is 2.53. The number of morpholine rings is 1. The Kier molecular flexibility index (Phi) is 6.43. The van der Waals surface area contributed by atoms with E-state index in [4.69, 9.17) is 18.7 Å². The number of fused-ring (bicyclic) bond motifs is 3. The Hall–Kier alpha value is -1.94. The number of hydrogen-bond acceptors (Lipinski definition) is 9. The first-order valence-corrected chi connectivity index (χ1v) is 11.0. The van der Waals surface area contributed by atoms with Gasteiger partial charge in [0.2, 0.25) is 5.88 Å². The first-order chi connectivity index (χ1) is 14.5. The minimum Gasteiger partial charge on any atom is -0.406 e. The monoisotopic (exact) mass is 420 g/mol. The fourth-order valence-electron chi connectivity index (χ4n) is 4.22. The van der Waals surface area contributed by atoms with Crippen molar-refractivity contribution in [3.8, 4) is 0 Å². The molecule has 0 saturated carbocycles. The molecule has 166 valence electrons. The fourth-order valence-corrected chi connectivity index (χ4v) is 4.22. The van der Waals surface area contributed by atoms with Gasteiger partial charge in [-0.3, -0.25) is 10.2 Å². The maximum absolute atomic E-state index is 12.1. The van der Waals surface area contributed by atoms with Gasteiger partial charge in [-0.15, -0.1) is 5.48 Å². The van der Waals surface area contributed by atoms with E-state index >= 15 is 0 Å². The third-order valence-electron chi connectivity index (χ3n) is 5.92. The molecule has 9 nitrogen and oxygen atoms in total. The number of anilines is 1. The first kappa shape index (κ1) is 21.3. The van der Waals surface area contributed by atoms with E-state index < -0.39 is 0 Å². The molecule has 3 aliphatic rings. The second-order valence-corrected chi connectivity index (χ2v) is 8.27. The van der Waals surface area contributed by atoms with Crippen LogP contribution in [-0.2, 0) is 20.7 Å². The van der Waals surface area contributed by atoms with Crippen LogP contribution in [0.25, 0.3) is 0 Å². The van der Waals surface area contributed by atoms with Gasteiger partial charge in [-0.1, -0.05) is 26.7 Å². The Labute approximate surface area is 176 Å². The highest BCUT2D eigenvalue weighted by Crippen LogP contribution is 2.46. The molecule has 3 aliphatic heterocycles. The standard InChI is InChI=1S/C21H32N4O5/c1-4-6-7-14-13-15(26)28-18-16(14)17-19(29-17)23-20(22-18)30-24-21(3,8-5-2)25-9-11-27-12-10-25/h13,17,19,24H,4-12H2,1-3H3,(H,22,23). The lowest BCUT2D eigenvalue weighted by Gasteiger charge is -2.43. The van der Waals surface area contributed by atoms with E-state index in [2.05, 4.69) is 41.5 Å². The Morgan fingerprint density at radius 2 is 2.13 bits per heavy atom. The largest absolute Gasteiger partial charge is 0.406 e. The lowest BCUT2D eigenvalue weighted by atomic mass is 10.0. The zero-order valence-corrected chi connectivity index (χ0v) is 18.0. The van der Waals surface area contributed by atoms with Gasteiger partial charge in [0.25, 0.3) is 0 Å². The second kappa shape index (κ2) is 9.05. The maximum atomic E-state index is 12.1. The summed E-state index contributed by atoms with van der Waals surface area (Å²) >= 11 is 0. The highest BCUT2D eigenvalue weighted by molar-refractivity contribution is 5.89. The summed E-state index contributed by atoms with van der Waals surface area (Å²) in [6.45, 7) is 9.46. The minimum atomic E-state index is -0.386. The van der Waals surface area contributed by atoms with Crippen molar-refractivity contribution in [2.75, 3.05) is 31.6 Å². The Bertz CT molecular complexity index is 835. The van der Waals surface area contributed by atoms with Crippen molar-refractivity contribution in [3.05, 3.63) is 27.6 Å². The number of hydrogen-bond donors (Lipinski definition) is 2. The Morgan fingerprint density at radius 3 is 2.87 bits per heavy atom. The van der Waals surface area contributed by atoms with Gasteiger partial charge in [0.1, 0.15) is 11.8 Å². The second-order valence-electron chi connectivity index (χ2n) is 8.27. The first-order valence-electron chi connectivity index (χ1n) is 11.0. The number of amidine groups is 1. The van der Waals surface area contributed by atoms with E-state index in [1.165, 1.54) is 0 Å². The van der Waals surface area contributed by atoms with Gasteiger partial charge in [-0.25, -0.2) is 4.79 Å². The number of hydroxylamine groups is 1. The zero-order valence-electron chi connectivity index (χ0n) is 18.0. The molecule has 0 bridgehead atoms. The molecule has 4 heterocycles. The van der Waals surface area contributed by atoms with Crippen molar-refractivity contribution >= 4 is 11.9 Å². The van der Waals surface area contributed by atoms with Gasteiger partial charge < -0.3 is 18.7 Å². The summed E-state index contributed by atoms with van der Waals surface area (Å²) in [7, 11) is 0. The summed E-state index contributed by atoms with van der Waals surface area (Å²) < 4.78 is 16.7. The summed E-state index contributed by atoms with van der Waals surface area (Å²) in [5.41, 5.74) is 4.27. The van der Waals surface area contributed by atoms with Crippen LogP contribution in [0.1, 0.15) is 63.7 Å². The van der Waals surface area contributed by atoms with Gasteiger partial charge in [0.05, 0.1) is 13.2 Å². The van der Waals surface area contributed by atoms with Crippen molar-refractivity contribution in [3.63, 3.8) is 0 Å². The number of ether oxygens (including phenoxy) is 2. The topological polar surface area (TPSA) is 101 Å². The molecule has 0 aromatic carbocycles. The molecule has 30 heavy (non-hydrogen) atoms. The van der Waals surface area contributed by atoms with Crippen LogP contribution in [0.5, 0.6) is 0 Å². The molecule has 9 heteroatoms. The van der Waals surface area contributed by atoms with Gasteiger partial charge >= 0.3 is 11.6 Å². The van der Waals surface area contributed by atoms with Crippen LogP contribution in [0.15, 0.2) is 20.3 Å². The molecule has 3 unspecified atom stereocenters. The van der Waals surface area contributed by atoms with E-state index in [9.17, 15) is 4.79 Å². The molecule has 1 aromatic heterocycles. The fraction of sp³-hybridized carbons (Fsp3) is 0.714. The molecule has 0 radical (unpaired) electrons. The summed E-state index contributed by atoms with van der Waals surface area (Å²) in [6, 6.07) is 1.81. The SMILES string of the molecule is CCCCc1cc(=O)oc2c1C1OC1N=C(ONC(C)(CCC)N1CCOCC1)N2. The van der Waals surface area contributed by atoms with E-state index in [-0.39, 0.29) is 29.6 Å². The molecular weight excluding hydrogens is 388 g/mol. The number of aliphatic imine (C=N–C) groups is 1. The van der Waals surface area contributed by atoms with Crippen LogP contribution in [0.2, 0.25) is 0 Å². The lowest BCUT2D eigenvalue weighted by Crippen LogP contribution is -2.60. The summed E-state index contributed by atoms with van der Waals surface area (Å²) in [6.07, 6.45) is 4.21. The quantitative estimate of drug-likeness (QED) is 0.489. The van der Waals surface area contributed by atoms with Crippen LogP contribution >= 0.6 is 0 Å². The van der Waals surface area contributed by atoms with Crippen molar-refractivity contribution in [2.24, 2.45) is 4.99 Å². The van der Waals surface area contributed by atoms with Gasteiger partial charge in [-0.05, 0) is 31.7 Å². The van der Waals surface area contributed by atoms with E-state index in [0.29, 0.717) is 19.1 Å². The number of unbranched alkanes of at least 4 members (excludes halogenated alkanes) is 1. The number of aryl methyl sites for hydroxylation is 1. The Balaban J connectivity index is 1.51. The number of epoxide rings is 1. The molecule has 3 atom stereocenters. The van der Waals surface area contributed by atoms with E-state index in [1.54, 1.807) is 6.07 Å². The third-order valence-corrected chi connectivity index (χ3v) is 5.92. The number of nitrogens with zero attached hydrogens (tertiary/aromatic N) is 2. The molecule has 0 aliphatic carbocycles. The third kappa shape index (κ3) is 4.54. The van der Waals surface area contributed by atoms with Crippen LogP contribution < -0.4 is 16.4 Å². The Morgan fingerprint density at radius 1 is 1.33 bits per heavy atom. The molecule has 2 N–H and O–H groups in total. The summed E-state index contributed by atoms with van der Waals surface area (Å²) in [5.74, 6) is 0.364. The molecule has 2 saturated heterocycles. The summed E-state index contributed by atoms with van der Waals surface area (Å²) in [5, 5.41) is 3.07. The molecule has 0 amide bonds. The van der Waals surface area contributed by atoms with E-state index in [0.717, 1.165) is 56.3 Å². The van der Waals surface area contributed by atoms with Crippen molar-refractivity contribution in [2.45, 2.75) is 70.9 Å². The molecule has 0 spiro atoms. The van der Waals surface area contributed by atoms with Crippen LogP contribution in [0, 0.1) is 0 Å². The molecule has 1 aromatic rings. The highest BCUT2D eigenvalue weighted by atomic mass is 16.7.